The van der Waals surface area contributed by atoms with Crippen molar-refractivity contribution in [1.29, 1.82) is 0 Å². The summed E-state index contributed by atoms with van der Waals surface area (Å²) in [7, 11) is 1.40. The standard InChI is InChI=1S/C23H21N5O5S/c1-14(22-24-10-18(27-22)15-6-4-3-5-7-15)26-23(29)17-8-20(32-2)21(9-19(17)28(30)31)33-11-16-12-34-13-25-16/h3-10,12-14H,11H2,1-2H3,(H,24,27)(H,26,29). The number of carbonyl (C=O) groups excluding carboxylic acids is 1. The fourth-order valence-corrected chi connectivity index (χ4v) is 3.82. The number of rotatable bonds is 9. The zero-order chi connectivity index (χ0) is 24.1. The second kappa shape index (κ2) is 10.1. The molecule has 174 valence electrons. The molecule has 0 saturated heterocycles. The van der Waals surface area contributed by atoms with E-state index in [0.717, 1.165) is 11.3 Å². The number of nitro benzene ring substituents is 1. The highest BCUT2D eigenvalue weighted by Gasteiger charge is 2.26. The van der Waals surface area contributed by atoms with E-state index in [1.807, 2.05) is 35.7 Å². The Labute approximate surface area is 198 Å². The van der Waals surface area contributed by atoms with Crippen LogP contribution in [0.5, 0.6) is 11.5 Å². The maximum atomic E-state index is 13.0. The summed E-state index contributed by atoms with van der Waals surface area (Å²) in [5.41, 5.74) is 3.54. The van der Waals surface area contributed by atoms with E-state index in [1.165, 1.54) is 30.6 Å². The van der Waals surface area contributed by atoms with Gasteiger partial charge in [0.25, 0.3) is 11.6 Å². The number of nitro groups is 1. The van der Waals surface area contributed by atoms with E-state index in [9.17, 15) is 14.9 Å². The number of imidazole rings is 1. The molecule has 11 heteroatoms. The van der Waals surface area contributed by atoms with Crippen molar-refractivity contribution in [1.82, 2.24) is 20.3 Å². The molecule has 0 bridgehead atoms. The lowest BCUT2D eigenvalue weighted by molar-refractivity contribution is -0.385. The van der Waals surface area contributed by atoms with Gasteiger partial charge in [-0.3, -0.25) is 14.9 Å². The Balaban J connectivity index is 1.54. The Kier molecular flexibility index (Phi) is 6.83. The van der Waals surface area contributed by atoms with E-state index in [0.29, 0.717) is 11.5 Å². The normalized spacial score (nSPS) is 11.6. The average Bonchev–Trinajstić information content (AvgIpc) is 3.55. The summed E-state index contributed by atoms with van der Waals surface area (Å²) < 4.78 is 11.0. The highest BCUT2D eigenvalue weighted by molar-refractivity contribution is 7.07. The molecule has 1 unspecified atom stereocenters. The van der Waals surface area contributed by atoms with Crippen LogP contribution in [0.2, 0.25) is 0 Å². The van der Waals surface area contributed by atoms with Crippen molar-refractivity contribution in [2.45, 2.75) is 19.6 Å². The van der Waals surface area contributed by atoms with Gasteiger partial charge in [0.2, 0.25) is 0 Å². The summed E-state index contributed by atoms with van der Waals surface area (Å²) in [6, 6.07) is 11.6. The molecule has 2 aromatic carbocycles. The van der Waals surface area contributed by atoms with Gasteiger partial charge >= 0.3 is 0 Å². The lowest BCUT2D eigenvalue weighted by atomic mass is 10.1. The van der Waals surface area contributed by atoms with Gasteiger partial charge in [-0.05, 0) is 12.5 Å². The number of ether oxygens (including phenoxy) is 2. The minimum absolute atomic E-state index is 0.113. The Morgan fingerprint density at radius 2 is 2.03 bits per heavy atom. The van der Waals surface area contributed by atoms with Crippen molar-refractivity contribution in [3.8, 4) is 22.8 Å². The maximum Gasteiger partial charge on any atom is 0.286 e. The van der Waals surface area contributed by atoms with Gasteiger partial charge in [0.15, 0.2) is 11.5 Å². The van der Waals surface area contributed by atoms with Crippen LogP contribution in [-0.2, 0) is 6.61 Å². The van der Waals surface area contributed by atoms with Crippen LogP contribution in [0.25, 0.3) is 11.3 Å². The molecule has 0 saturated carbocycles. The van der Waals surface area contributed by atoms with Gasteiger partial charge in [-0.15, -0.1) is 11.3 Å². The number of methoxy groups -OCH3 is 1. The van der Waals surface area contributed by atoms with Crippen LogP contribution in [0, 0.1) is 10.1 Å². The van der Waals surface area contributed by atoms with Crippen LogP contribution in [0.3, 0.4) is 0 Å². The zero-order valence-electron chi connectivity index (χ0n) is 18.3. The fraction of sp³-hybridized carbons (Fsp3) is 0.174. The molecule has 0 spiro atoms. The van der Waals surface area contributed by atoms with E-state index in [4.69, 9.17) is 9.47 Å². The van der Waals surface area contributed by atoms with Gasteiger partial charge < -0.3 is 19.8 Å². The Morgan fingerprint density at radius 1 is 1.24 bits per heavy atom. The lowest BCUT2D eigenvalue weighted by Gasteiger charge is -2.14. The maximum absolute atomic E-state index is 13.0. The molecule has 1 atom stereocenters. The molecule has 10 nitrogen and oxygen atoms in total. The molecule has 2 aromatic heterocycles. The number of hydrogen-bond donors (Lipinski definition) is 2. The SMILES string of the molecule is COc1cc(C(=O)NC(C)c2ncc(-c3ccccc3)[nH]2)c([N+](=O)[O-])cc1OCc1cscn1. The average molecular weight is 480 g/mol. The predicted molar refractivity (Wildman–Crippen MR) is 126 cm³/mol. The van der Waals surface area contributed by atoms with E-state index in [2.05, 4.69) is 20.3 Å². The summed E-state index contributed by atoms with van der Waals surface area (Å²) in [4.78, 5) is 35.7. The molecule has 1 amide bonds. The molecule has 0 fully saturated rings. The number of thiazole rings is 1. The number of benzene rings is 2. The van der Waals surface area contributed by atoms with Crippen molar-refractivity contribution in [3.63, 3.8) is 0 Å². The van der Waals surface area contributed by atoms with Crippen molar-refractivity contribution < 1.29 is 19.2 Å². The minimum Gasteiger partial charge on any atom is -0.493 e. The molecule has 2 heterocycles. The van der Waals surface area contributed by atoms with Crippen LogP contribution >= 0.6 is 11.3 Å². The van der Waals surface area contributed by atoms with Crippen LogP contribution in [0.15, 0.2) is 59.6 Å². The van der Waals surface area contributed by atoms with Crippen molar-refractivity contribution >= 4 is 22.9 Å². The lowest BCUT2D eigenvalue weighted by Crippen LogP contribution is -2.28. The van der Waals surface area contributed by atoms with E-state index in [1.54, 1.807) is 18.6 Å². The molecule has 0 radical (unpaired) electrons. The smallest absolute Gasteiger partial charge is 0.286 e. The van der Waals surface area contributed by atoms with Crippen molar-refractivity contribution in [2.75, 3.05) is 7.11 Å². The first-order valence-electron chi connectivity index (χ1n) is 10.2. The highest BCUT2D eigenvalue weighted by Crippen LogP contribution is 2.35. The fourth-order valence-electron chi connectivity index (χ4n) is 3.28. The quantitative estimate of drug-likeness (QED) is 0.266. The summed E-state index contributed by atoms with van der Waals surface area (Å²) >= 11 is 1.41. The van der Waals surface area contributed by atoms with Crippen molar-refractivity contribution in [2.24, 2.45) is 0 Å². The van der Waals surface area contributed by atoms with E-state index >= 15 is 0 Å². The number of aromatic amines is 1. The van der Waals surface area contributed by atoms with Crippen LogP contribution in [0.1, 0.15) is 34.8 Å². The molecular formula is C23H21N5O5S. The first kappa shape index (κ1) is 22.9. The number of nitrogens with one attached hydrogen (secondary N) is 2. The van der Waals surface area contributed by atoms with Crippen molar-refractivity contribution in [3.05, 3.63) is 86.7 Å². The number of carbonyl (C=O) groups is 1. The largest absolute Gasteiger partial charge is 0.493 e. The van der Waals surface area contributed by atoms with Crippen LogP contribution < -0.4 is 14.8 Å². The summed E-state index contributed by atoms with van der Waals surface area (Å²) in [5, 5.41) is 16.3. The molecular weight excluding hydrogens is 458 g/mol. The molecule has 34 heavy (non-hydrogen) atoms. The van der Waals surface area contributed by atoms with Gasteiger partial charge in [-0.2, -0.15) is 0 Å². The second-order valence-electron chi connectivity index (χ2n) is 7.29. The number of H-pyrrole nitrogens is 1. The Morgan fingerprint density at radius 3 is 2.71 bits per heavy atom. The second-order valence-corrected chi connectivity index (χ2v) is 8.01. The topological polar surface area (TPSA) is 132 Å². The molecule has 0 aliphatic carbocycles. The Bertz CT molecular complexity index is 1290. The number of amides is 1. The number of nitrogens with zero attached hydrogens (tertiary/aromatic N) is 3. The molecule has 0 aliphatic rings. The molecule has 2 N–H and O–H groups in total. The van der Waals surface area contributed by atoms with Crippen LogP contribution in [-0.4, -0.2) is 32.9 Å². The number of aromatic nitrogens is 3. The monoisotopic (exact) mass is 479 g/mol. The third-order valence-electron chi connectivity index (χ3n) is 5.02. The van der Waals surface area contributed by atoms with Crippen LogP contribution in [0.4, 0.5) is 5.69 Å². The van der Waals surface area contributed by atoms with Gasteiger partial charge in [-0.1, -0.05) is 30.3 Å². The zero-order valence-corrected chi connectivity index (χ0v) is 19.2. The predicted octanol–water partition coefficient (Wildman–Crippen LogP) is 4.52. The highest BCUT2D eigenvalue weighted by atomic mass is 32.1. The third kappa shape index (κ3) is 5.04. The third-order valence-corrected chi connectivity index (χ3v) is 5.66. The molecule has 4 aromatic rings. The first-order chi connectivity index (χ1) is 16.5. The van der Waals surface area contributed by atoms with Gasteiger partial charge in [0, 0.05) is 11.4 Å². The Hall–Kier alpha value is -4.25. The molecule has 4 rings (SSSR count). The molecule has 0 aliphatic heterocycles. The number of hydrogen-bond acceptors (Lipinski definition) is 8. The van der Waals surface area contributed by atoms with E-state index < -0.39 is 22.6 Å². The van der Waals surface area contributed by atoms with Gasteiger partial charge in [0.05, 0.1) is 47.2 Å². The first-order valence-corrected chi connectivity index (χ1v) is 11.2. The summed E-state index contributed by atoms with van der Waals surface area (Å²) in [5.74, 6) is 0.222. The summed E-state index contributed by atoms with van der Waals surface area (Å²) in [6.07, 6.45) is 1.67. The van der Waals surface area contributed by atoms with Gasteiger partial charge in [-0.25, -0.2) is 9.97 Å². The van der Waals surface area contributed by atoms with E-state index in [-0.39, 0.29) is 23.7 Å². The van der Waals surface area contributed by atoms with Gasteiger partial charge in [0.1, 0.15) is 18.0 Å². The minimum atomic E-state index is -0.638. The summed E-state index contributed by atoms with van der Waals surface area (Å²) in [6.45, 7) is 1.85.